The Hall–Kier alpha value is -1.56. The predicted molar refractivity (Wildman–Crippen MR) is 75.7 cm³/mol. The summed E-state index contributed by atoms with van der Waals surface area (Å²) >= 11 is 0. The first kappa shape index (κ1) is 17.5. The van der Waals surface area contributed by atoms with Gasteiger partial charge in [0, 0.05) is 13.0 Å². The van der Waals surface area contributed by atoms with Crippen molar-refractivity contribution in [3.8, 4) is 0 Å². The molecule has 0 spiro atoms. The smallest absolute Gasteiger partial charge is 0.349 e. The zero-order valence-corrected chi connectivity index (χ0v) is 12.4. The monoisotopic (exact) mass is 302 g/mol. The van der Waals surface area contributed by atoms with Crippen molar-refractivity contribution in [1.82, 2.24) is 10.6 Å². The first-order chi connectivity index (χ1) is 9.75. The topological polar surface area (TPSA) is 41.1 Å². The molecule has 1 atom stereocenters. The summed E-state index contributed by atoms with van der Waals surface area (Å²) in [5.74, 6) is -0.188. The van der Waals surface area contributed by atoms with Gasteiger partial charge in [0.15, 0.2) is 0 Å². The van der Waals surface area contributed by atoms with E-state index in [2.05, 4.69) is 10.6 Å². The second-order valence-electron chi connectivity index (χ2n) is 5.27. The van der Waals surface area contributed by atoms with Crippen LogP contribution in [0.15, 0.2) is 24.3 Å². The number of hydrogen-bond donors (Lipinski definition) is 2. The summed E-state index contributed by atoms with van der Waals surface area (Å²) in [6.45, 7) is 4.26. The molecule has 21 heavy (non-hydrogen) atoms. The highest BCUT2D eigenvalue weighted by molar-refractivity contribution is 5.76. The minimum Gasteiger partial charge on any atom is -0.349 e. The van der Waals surface area contributed by atoms with Crippen LogP contribution in [-0.4, -0.2) is 19.5 Å². The van der Waals surface area contributed by atoms with E-state index < -0.39 is 17.8 Å². The zero-order chi connectivity index (χ0) is 16.0. The van der Waals surface area contributed by atoms with Crippen molar-refractivity contribution in [1.29, 1.82) is 0 Å². The van der Waals surface area contributed by atoms with Gasteiger partial charge >= 0.3 is 6.18 Å². The third-order valence-corrected chi connectivity index (χ3v) is 3.16. The van der Waals surface area contributed by atoms with Crippen molar-refractivity contribution in [2.45, 2.75) is 32.5 Å². The lowest BCUT2D eigenvalue weighted by Crippen LogP contribution is -2.33. The lowest BCUT2D eigenvalue weighted by molar-refractivity contribution is -0.137. The van der Waals surface area contributed by atoms with Crippen LogP contribution >= 0.6 is 0 Å². The maximum atomic E-state index is 12.8. The van der Waals surface area contributed by atoms with E-state index in [1.165, 1.54) is 6.07 Å². The second-order valence-corrected chi connectivity index (χ2v) is 5.27. The fourth-order valence-corrected chi connectivity index (χ4v) is 2.03. The van der Waals surface area contributed by atoms with Gasteiger partial charge in [-0.25, -0.2) is 0 Å². The molecule has 118 valence electrons. The molecular weight excluding hydrogens is 281 g/mol. The summed E-state index contributed by atoms with van der Waals surface area (Å²) in [5.41, 5.74) is -0.229. The molecule has 6 heteroatoms. The standard InChI is InChI=1S/C15H21F3N2O/c1-10(2)14(20-13(21)7-8-19-3)11-5-4-6-12(9-11)15(16,17)18/h4-6,9-10,14,19H,7-8H2,1-3H3,(H,20,21). The van der Waals surface area contributed by atoms with E-state index in [4.69, 9.17) is 0 Å². The molecule has 0 heterocycles. The second kappa shape index (κ2) is 7.45. The molecule has 0 radical (unpaired) electrons. The third kappa shape index (κ3) is 5.38. The van der Waals surface area contributed by atoms with Crippen LogP contribution in [0.4, 0.5) is 13.2 Å². The van der Waals surface area contributed by atoms with Crippen LogP contribution in [0.3, 0.4) is 0 Å². The minimum atomic E-state index is -4.38. The van der Waals surface area contributed by atoms with Crippen LogP contribution in [0.2, 0.25) is 0 Å². The van der Waals surface area contributed by atoms with Crippen LogP contribution in [0, 0.1) is 5.92 Å². The van der Waals surface area contributed by atoms with E-state index in [9.17, 15) is 18.0 Å². The number of benzene rings is 1. The van der Waals surface area contributed by atoms with E-state index in [-0.39, 0.29) is 11.8 Å². The number of carbonyl (C=O) groups is 1. The normalized spacial score (nSPS) is 13.3. The van der Waals surface area contributed by atoms with Crippen LogP contribution in [0.5, 0.6) is 0 Å². The summed E-state index contributed by atoms with van der Waals surface area (Å²) in [6.07, 6.45) is -4.09. The molecule has 0 aliphatic heterocycles. The molecule has 0 fully saturated rings. The molecule has 0 aliphatic rings. The van der Waals surface area contributed by atoms with Crippen LogP contribution in [-0.2, 0) is 11.0 Å². The van der Waals surface area contributed by atoms with Crippen molar-refractivity contribution in [3.05, 3.63) is 35.4 Å². The summed E-state index contributed by atoms with van der Waals surface area (Å²) in [5, 5.41) is 5.66. The van der Waals surface area contributed by atoms with Crippen LogP contribution in [0.1, 0.15) is 37.4 Å². The van der Waals surface area contributed by atoms with Crippen LogP contribution in [0.25, 0.3) is 0 Å². The molecular formula is C15H21F3N2O. The Labute approximate surface area is 122 Å². The Morgan fingerprint density at radius 2 is 1.95 bits per heavy atom. The summed E-state index contributed by atoms with van der Waals surface area (Å²) in [4.78, 5) is 11.8. The molecule has 0 bridgehead atoms. The molecule has 1 unspecified atom stereocenters. The molecule has 0 saturated carbocycles. The van der Waals surface area contributed by atoms with Crippen molar-refractivity contribution < 1.29 is 18.0 Å². The Bertz CT molecular complexity index is 472. The molecule has 1 aromatic carbocycles. The van der Waals surface area contributed by atoms with Gasteiger partial charge in [0.05, 0.1) is 11.6 Å². The van der Waals surface area contributed by atoms with Gasteiger partial charge in [-0.15, -0.1) is 0 Å². The van der Waals surface area contributed by atoms with E-state index in [1.807, 2.05) is 13.8 Å². The van der Waals surface area contributed by atoms with E-state index in [1.54, 1.807) is 13.1 Å². The van der Waals surface area contributed by atoms with Gasteiger partial charge in [0.2, 0.25) is 5.91 Å². The van der Waals surface area contributed by atoms with Gasteiger partial charge in [-0.3, -0.25) is 4.79 Å². The number of amides is 1. The molecule has 1 rings (SSSR count). The zero-order valence-electron chi connectivity index (χ0n) is 12.4. The molecule has 3 nitrogen and oxygen atoms in total. The van der Waals surface area contributed by atoms with Crippen LogP contribution < -0.4 is 10.6 Å². The summed E-state index contributed by atoms with van der Waals surface area (Å²) in [6, 6.07) is 4.68. The van der Waals surface area contributed by atoms with E-state index in [0.717, 1.165) is 12.1 Å². The average Bonchev–Trinajstić information content (AvgIpc) is 2.41. The average molecular weight is 302 g/mol. The number of carbonyl (C=O) groups excluding carboxylic acids is 1. The van der Waals surface area contributed by atoms with Crippen molar-refractivity contribution in [2.75, 3.05) is 13.6 Å². The lowest BCUT2D eigenvalue weighted by Gasteiger charge is -2.24. The maximum absolute atomic E-state index is 12.8. The van der Waals surface area contributed by atoms with E-state index >= 15 is 0 Å². The number of rotatable bonds is 6. The molecule has 2 N–H and O–H groups in total. The molecule has 0 saturated heterocycles. The van der Waals surface area contributed by atoms with Gasteiger partial charge in [-0.1, -0.05) is 26.0 Å². The van der Waals surface area contributed by atoms with Gasteiger partial charge < -0.3 is 10.6 Å². The molecule has 1 aromatic rings. The lowest BCUT2D eigenvalue weighted by atomic mass is 9.94. The van der Waals surface area contributed by atoms with Gasteiger partial charge in [0.25, 0.3) is 0 Å². The van der Waals surface area contributed by atoms with Crippen molar-refractivity contribution in [3.63, 3.8) is 0 Å². The van der Waals surface area contributed by atoms with E-state index in [0.29, 0.717) is 18.5 Å². The number of alkyl halides is 3. The highest BCUT2D eigenvalue weighted by Crippen LogP contribution is 2.32. The maximum Gasteiger partial charge on any atom is 0.416 e. The Kier molecular flexibility index (Phi) is 6.20. The quantitative estimate of drug-likeness (QED) is 0.847. The largest absolute Gasteiger partial charge is 0.416 e. The van der Waals surface area contributed by atoms with Gasteiger partial charge in [-0.05, 0) is 30.7 Å². The fraction of sp³-hybridized carbons (Fsp3) is 0.533. The van der Waals surface area contributed by atoms with Gasteiger partial charge in [-0.2, -0.15) is 13.2 Å². The number of hydrogen-bond acceptors (Lipinski definition) is 2. The summed E-state index contributed by atoms with van der Waals surface area (Å²) in [7, 11) is 1.74. The minimum absolute atomic E-state index is 0.00739. The fourth-order valence-electron chi connectivity index (χ4n) is 2.03. The third-order valence-electron chi connectivity index (χ3n) is 3.16. The number of halogens is 3. The SMILES string of the molecule is CNCCC(=O)NC(c1cccc(C(F)(F)F)c1)C(C)C. The predicted octanol–water partition coefficient (Wildman–Crippen LogP) is 3.13. The highest BCUT2D eigenvalue weighted by atomic mass is 19.4. The first-order valence-corrected chi connectivity index (χ1v) is 6.86. The first-order valence-electron chi connectivity index (χ1n) is 6.86. The van der Waals surface area contributed by atoms with Crippen molar-refractivity contribution >= 4 is 5.91 Å². The van der Waals surface area contributed by atoms with Crippen molar-refractivity contribution in [2.24, 2.45) is 5.92 Å². The highest BCUT2D eigenvalue weighted by Gasteiger charge is 2.31. The van der Waals surface area contributed by atoms with Gasteiger partial charge in [0.1, 0.15) is 0 Å². The molecule has 0 aromatic heterocycles. The Morgan fingerprint density at radius 3 is 2.48 bits per heavy atom. The molecule has 1 amide bonds. The Balaban J connectivity index is 2.93. The summed E-state index contributed by atoms with van der Waals surface area (Å²) < 4.78 is 38.3. The molecule has 0 aliphatic carbocycles. The number of nitrogens with one attached hydrogen (secondary N) is 2. The Morgan fingerprint density at radius 1 is 1.29 bits per heavy atom.